The first-order valence-corrected chi connectivity index (χ1v) is 8.55. The van der Waals surface area contributed by atoms with Gasteiger partial charge in [-0.2, -0.15) is 0 Å². The average Bonchev–Trinajstić information content (AvgIpc) is 2.95. The van der Waals surface area contributed by atoms with Gasteiger partial charge in [-0.05, 0) is 57.3 Å². The van der Waals surface area contributed by atoms with E-state index in [1.165, 1.54) is 57.4 Å². The van der Waals surface area contributed by atoms with Gasteiger partial charge in [-0.15, -0.1) is 0 Å². The van der Waals surface area contributed by atoms with E-state index in [0.717, 1.165) is 18.9 Å². The van der Waals surface area contributed by atoms with Crippen LogP contribution in [-0.2, 0) is 0 Å². The fraction of sp³-hybridized carbons (Fsp3) is 0.706. The zero-order valence-corrected chi connectivity index (χ0v) is 13.2. The lowest BCUT2D eigenvalue weighted by atomic mass is 10.1. The summed E-state index contributed by atoms with van der Waals surface area (Å²) in [6, 6.07) is 4.84. The summed E-state index contributed by atoms with van der Waals surface area (Å²) in [6.07, 6.45) is 8.32. The molecule has 0 bridgehead atoms. The van der Waals surface area contributed by atoms with Crippen LogP contribution in [0.5, 0.6) is 0 Å². The summed E-state index contributed by atoms with van der Waals surface area (Å²) in [5, 5.41) is 3.78. The second kappa shape index (κ2) is 7.12. The highest BCUT2D eigenvalue weighted by Gasteiger charge is 2.20. The van der Waals surface area contributed by atoms with Gasteiger partial charge in [0, 0.05) is 31.9 Å². The standard InChI is InChI=1S/C17H28N4/c1-2-20-11-6-7-15(9-14-20)19-16-8-5-10-18-17(16)21-12-3-4-13-21/h5,8,10,15,19H,2-4,6-7,9,11-14H2,1H3. The molecule has 4 nitrogen and oxygen atoms in total. The van der Waals surface area contributed by atoms with Crippen LogP contribution in [0, 0.1) is 0 Å². The minimum atomic E-state index is 0.590. The van der Waals surface area contributed by atoms with Crippen molar-refractivity contribution < 1.29 is 0 Å². The van der Waals surface area contributed by atoms with Crippen LogP contribution >= 0.6 is 0 Å². The molecule has 116 valence electrons. The molecule has 0 saturated carbocycles. The number of hydrogen-bond donors (Lipinski definition) is 1. The number of rotatable bonds is 4. The fourth-order valence-corrected chi connectivity index (χ4v) is 3.53. The van der Waals surface area contributed by atoms with Gasteiger partial charge in [-0.1, -0.05) is 6.92 Å². The van der Waals surface area contributed by atoms with Gasteiger partial charge in [-0.25, -0.2) is 4.98 Å². The monoisotopic (exact) mass is 288 g/mol. The summed E-state index contributed by atoms with van der Waals surface area (Å²) in [6.45, 7) is 8.22. The van der Waals surface area contributed by atoms with E-state index < -0.39 is 0 Å². The van der Waals surface area contributed by atoms with Crippen molar-refractivity contribution in [3.05, 3.63) is 18.3 Å². The van der Waals surface area contributed by atoms with E-state index in [1.807, 2.05) is 6.20 Å². The third-order valence-electron chi connectivity index (χ3n) is 4.82. The molecule has 2 aliphatic rings. The molecule has 1 unspecified atom stereocenters. The van der Waals surface area contributed by atoms with Crippen molar-refractivity contribution in [2.45, 2.75) is 45.1 Å². The van der Waals surface area contributed by atoms with E-state index in [2.05, 4.69) is 39.2 Å². The maximum absolute atomic E-state index is 4.63. The van der Waals surface area contributed by atoms with Crippen LogP contribution in [0.1, 0.15) is 39.0 Å². The Morgan fingerprint density at radius 3 is 2.81 bits per heavy atom. The van der Waals surface area contributed by atoms with Gasteiger partial charge in [0.1, 0.15) is 0 Å². The maximum atomic E-state index is 4.63. The van der Waals surface area contributed by atoms with Gasteiger partial charge in [0.25, 0.3) is 0 Å². The highest BCUT2D eigenvalue weighted by Crippen LogP contribution is 2.28. The molecule has 0 radical (unpaired) electrons. The quantitative estimate of drug-likeness (QED) is 0.923. The normalized spacial score (nSPS) is 24.0. The maximum Gasteiger partial charge on any atom is 0.151 e. The second-order valence-corrected chi connectivity index (χ2v) is 6.28. The van der Waals surface area contributed by atoms with E-state index in [1.54, 1.807) is 0 Å². The Hall–Kier alpha value is -1.29. The van der Waals surface area contributed by atoms with Gasteiger partial charge in [0.2, 0.25) is 0 Å². The van der Waals surface area contributed by atoms with Gasteiger partial charge < -0.3 is 15.1 Å². The van der Waals surface area contributed by atoms with E-state index in [0.29, 0.717) is 6.04 Å². The first-order chi connectivity index (χ1) is 10.4. The smallest absolute Gasteiger partial charge is 0.151 e. The molecule has 21 heavy (non-hydrogen) atoms. The number of pyridine rings is 1. The van der Waals surface area contributed by atoms with Crippen molar-refractivity contribution in [3.63, 3.8) is 0 Å². The highest BCUT2D eigenvalue weighted by atomic mass is 15.2. The molecule has 3 heterocycles. The number of hydrogen-bond acceptors (Lipinski definition) is 4. The van der Waals surface area contributed by atoms with Gasteiger partial charge >= 0.3 is 0 Å². The summed E-state index contributed by atoms with van der Waals surface area (Å²) >= 11 is 0. The number of anilines is 2. The van der Waals surface area contributed by atoms with E-state index in [-0.39, 0.29) is 0 Å². The van der Waals surface area contributed by atoms with Gasteiger partial charge in [0.05, 0.1) is 5.69 Å². The van der Waals surface area contributed by atoms with Gasteiger partial charge in [0.15, 0.2) is 5.82 Å². The summed E-state index contributed by atoms with van der Waals surface area (Å²) in [7, 11) is 0. The first-order valence-electron chi connectivity index (χ1n) is 8.55. The van der Waals surface area contributed by atoms with Crippen LogP contribution in [0.3, 0.4) is 0 Å². The topological polar surface area (TPSA) is 31.4 Å². The summed E-state index contributed by atoms with van der Waals surface area (Å²) < 4.78 is 0. The van der Waals surface area contributed by atoms with Crippen molar-refractivity contribution in [1.82, 2.24) is 9.88 Å². The lowest BCUT2D eigenvalue weighted by molar-refractivity contribution is 0.300. The molecule has 1 N–H and O–H groups in total. The van der Waals surface area contributed by atoms with Crippen LogP contribution in [-0.4, -0.2) is 48.6 Å². The van der Waals surface area contributed by atoms with Crippen LogP contribution < -0.4 is 10.2 Å². The fourth-order valence-electron chi connectivity index (χ4n) is 3.53. The lowest BCUT2D eigenvalue weighted by Crippen LogP contribution is -2.27. The average molecular weight is 288 g/mol. The van der Waals surface area contributed by atoms with E-state index in [9.17, 15) is 0 Å². The lowest BCUT2D eigenvalue weighted by Gasteiger charge is -2.24. The third-order valence-corrected chi connectivity index (χ3v) is 4.82. The molecule has 0 spiro atoms. The van der Waals surface area contributed by atoms with Crippen molar-refractivity contribution in [2.24, 2.45) is 0 Å². The number of aromatic nitrogens is 1. The van der Waals surface area contributed by atoms with Crippen LogP contribution in [0.2, 0.25) is 0 Å². The third kappa shape index (κ3) is 3.67. The first kappa shape index (κ1) is 14.6. The predicted molar refractivity (Wildman–Crippen MR) is 89.1 cm³/mol. The molecule has 1 atom stereocenters. The molecule has 0 aromatic carbocycles. The molecule has 4 heteroatoms. The van der Waals surface area contributed by atoms with Gasteiger partial charge in [-0.3, -0.25) is 0 Å². The minimum absolute atomic E-state index is 0.590. The SMILES string of the molecule is CCN1CCCC(Nc2cccnc2N2CCCC2)CC1. The number of nitrogens with one attached hydrogen (secondary N) is 1. The molecule has 1 aromatic heterocycles. The summed E-state index contributed by atoms with van der Waals surface area (Å²) in [5.41, 5.74) is 1.23. The summed E-state index contributed by atoms with van der Waals surface area (Å²) in [4.78, 5) is 9.62. The minimum Gasteiger partial charge on any atom is -0.379 e. The summed E-state index contributed by atoms with van der Waals surface area (Å²) in [5.74, 6) is 1.16. The Labute approximate surface area is 128 Å². The van der Waals surface area contributed by atoms with E-state index >= 15 is 0 Å². The number of likely N-dealkylation sites (tertiary alicyclic amines) is 1. The van der Waals surface area contributed by atoms with Crippen molar-refractivity contribution in [1.29, 1.82) is 0 Å². The number of nitrogens with zero attached hydrogens (tertiary/aromatic N) is 3. The molecule has 2 aliphatic heterocycles. The molecular formula is C17H28N4. The molecule has 3 rings (SSSR count). The van der Waals surface area contributed by atoms with Crippen LogP contribution in [0.25, 0.3) is 0 Å². The predicted octanol–water partition coefficient (Wildman–Crippen LogP) is 2.97. The Morgan fingerprint density at radius 2 is 2.00 bits per heavy atom. The van der Waals surface area contributed by atoms with Crippen LogP contribution in [0.4, 0.5) is 11.5 Å². The molecule has 0 amide bonds. The second-order valence-electron chi connectivity index (χ2n) is 6.28. The van der Waals surface area contributed by atoms with Crippen molar-refractivity contribution in [2.75, 3.05) is 42.9 Å². The Bertz CT molecular complexity index is 442. The van der Waals surface area contributed by atoms with Crippen molar-refractivity contribution in [3.8, 4) is 0 Å². The molecule has 2 saturated heterocycles. The van der Waals surface area contributed by atoms with E-state index in [4.69, 9.17) is 0 Å². The molecular weight excluding hydrogens is 260 g/mol. The Morgan fingerprint density at radius 1 is 1.14 bits per heavy atom. The molecule has 1 aromatic rings. The molecule has 0 aliphatic carbocycles. The zero-order valence-electron chi connectivity index (χ0n) is 13.2. The zero-order chi connectivity index (χ0) is 14.5. The van der Waals surface area contributed by atoms with Crippen LogP contribution in [0.15, 0.2) is 18.3 Å². The Kier molecular flexibility index (Phi) is 4.96. The highest BCUT2D eigenvalue weighted by molar-refractivity contribution is 5.66. The largest absolute Gasteiger partial charge is 0.379 e. The van der Waals surface area contributed by atoms with Crippen molar-refractivity contribution >= 4 is 11.5 Å². The Balaban J connectivity index is 1.67. The molecule has 2 fully saturated rings.